The molecule has 0 spiro atoms. The van der Waals surface area contributed by atoms with Gasteiger partial charge in [-0.2, -0.15) is 0 Å². The predicted octanol–water partition coefficient (Wildman–Crippen LogP) is 3.58. The van der Waals surface area contributed by atoms with Crippen molar-refractivity contribution in [2.75, 3.05) is 5.32 Å². The van der Waals surface area contributed by atoms with Gasteiger partial charge in [0.15, 0.2) is 0 Å². The van der Waals surface area contributed by atoms with Crippen LogP contribution in [0.4, 0.5) is 5.69 Å². The molecule has 1 aromatic carbocycles. The molecular weight excluding hydrogens is 322 g/mol. The summed E-state index contributed by atoms with van der Waals surface area (Å²) in [7, 11) is 0. The summed E-state index contributed by atoms with van der Waals surface area (Å²) in [4.78, 5) is 31.5. The zero-order valence-electron chi connectivity index (χ0n) is 14.1. The van der Waals surface area contributed by atoms with Crippen LogP contribution in [0.15, 0.2) is 35.1 Å². The van der Waals surface area contributed by atoms with Crippen molar-refractivity contribution in [1.29, 1.82) is 0 Å². The number of anilines is 1. The Bertz CT molecular complexity index is 970. The molecule has 0 bridgehead atoms. The average Bonchev–Trinajstić information content (AvgIpc) is 2.90. The SMILES string of the molecule is Cc1ccc(NC(=O)C(C)n2c(C)nc3sc(C)cc3c2=O)cc1. The largest absolute Gasteiger partial charge is 0.324 e. The second kappa shape index (κ2) is 6.20. The number of aromatic nitrogens is 2. The molecule has 3 rings (SSSR count). The molecule has 5 nitrogen and oxygen atoms in total. The van der Waals surface area contributed by atoms with Crippen LogP contribution in [0.5, 0.6) is 0 Å². The van der Waals surface area contributed by atoms with E-state index < -0.39 is 6.04 Å². The lowest BCUT2D eigenvalue weighted by Crippen LogP contribution is -2.33. The molecule has 0 saturated carbocycles. The fraction of sp³-hybridized carbons (Fsp3) is 0.278. The van der Waals surface area contributed by atoms with Crippen LogP contribution in [-0.4, -0.2) is 15.5 Å². The highest BCUT2D eigenvalue weighted by Crippen LogP contribution is 2.22. The summed E-state index contributed by atoms with van der Waals surface area (Å²) < 4.78 is 1.46. The summed E-state index contributed by atoms with van der Waals surface area (Å²) in [5.41, 5.74) is 1.66. The summed E-state index contributed by atoms with van der Waals surface area (Å²) in [5.74, 6) is 0.304. The first-order valence-electron chi connectivity index (χ1n) is 7.73. The minimum atomic E-state index is -0.643. The smallest absolute Gasteiger partial charge is 0.263 e. The van der Waals surface area contributed by atoms with Crippen LogP contribution in [0.2, 0.25) is 0 Å². The lowest BCUT2D eigenvalue weighted by Gasteiger charge is -2.17. The van der Waals surface area contributed by atoms with E-state index >= 15 is 0 Å². The van der Waals surface area contributed by atoms with Crippen molar-refractivity contribution >= 4 is 33.1 Å². The molecule has 0 fully saturated rings. The quantitative estimate of drug-likeness (QED) is 0.792. The lowest BCUT2D eigenvalue weighted by molar-refractivity contribution is -0.118. The number of hydrogen-bond acceptors (Lipinski definition) is 4. The van der Waals surface area contributed by atoms with Crippen LogP contribution in [0.3, 0.4) is 0 Å². The summed E-state index contributed by atoms with van der Waals surface area (Å²) in [6, 6.07) is 8.74. The van der Waals surface area contributed by atoms with Crippen LogP contribution >= 0.6 is 11.3 Å². The van der Waals surface area contributed by atoms with Crippen LogP contribution < -0.4 is 10.9 Å². The van der Waals surface area contributed by atoms with Gasteiger partial charge in [-0.3, -0.25) is 14.2 Å². The summed E-state index contributed by atoms with van der Waals surface area (Å²) >= 11 is 1.49. The van der Waals surface area contributed by atoms with Crippen LogP contribution in [0.1, 0.15) is 29.2 Å². The number of hydrogen-bond donors (Lipinski definition) is 1. The van der Waals surface area contributed by atoms with Crippen molar-refractivity contribution in [3.05, 3.63) is 57.0 Å². The Morgan fingerprint density at radius 2 is 1.88 bits per heavy atom. The molecular formula is C18H19N3O2S. The molecule has 0 radical (unpaired) electrons. The van der Waals surface area contributed by atoms with Crippen molar-refractivity contribution in [3.8, 4) is 0 Å². The minimum absolute atomic E-state index is 0.173. The number of nitrogens with one attached hydrogen (secondary N) is 1. The van der Waals surface area contributed by atoms with Gasteiger partial charge in [-0.05, 0) is 45.9 Å². The zero-order chi connectivity index (χ0) is 17.4. The zero-order valence-corrected chi connectivity index (χ0v) is 14.9. The van der Waals surface area contributed by atoms with Gasteiger partial charge >= 0.3 is 0 Å². The molecule has 2 heterocycles. The number of thiophene rings is 1. The van der Waals surface area contributed by atoms with Crippen molar-refractivity contribution < 1.29 is 4.79 Å². The molecule has 124 valence electrons. The van der Waals surface area contributed by atoms with E-state index in [4.69, 9.17) is 0 Å². The second-order valence-electron chi connectivity index (χ2n) is 5.94. The summed E-state index contributed by atoms with van der Waals surface area (Å²) in [6.07, 6.45) is 0. The first-order valence-corrected chi connectivity index (χ1v) is 8.55. The molecule has 0 aliphatic rings. The Balaban J connectivity index is 1.95. The maximum absolute atomic E-state index is 12.8. The highest BCUT2D eigenvalue weighted by Gasteiger charge is 2.21. The number of benzene rings is 1. The van der Waals surface area contributed by atoms with E-state index in [9.17, 15) is 9.59 Å². The van der Waals surface area contributed by atoms with Gasteiger partial charge in [-0.25, -0.2) is 4.98 Å². The van der Waals surface area contributed by atoms with E-state index in [1.807, 2.05) is 44.2 Å². The maximum atomic E-state index is 12.8. The number of nitrogens with zero attached hydrogens (tertiary/aromatic N) is 2. The van der Waals surface area contributed by atoms with Crippen molar-refractivity contribution in [2.24, 2.45) is 0 Å². The number of carbonyl (C=O) groups excluding carboxylic acids is 1. The van der Waals surface area contributed by atoms with Gasteiger partial charge < -0.3 is 5.32 Å². The standard InChI is InChI=1S/C18H19N3O2S/c1-10-5-7-14(8-6-10)20-16(22)12(3)21-13(4)19-17-15(18(21)23)9-11(2)24-17/h5-9,12H,1-4H3,(H,20,22). The van der Waals surface area contributed by atoms with E-state index in [1.165, 1.54) is 15.9 Å². The van der Waals surface area contributed by atoms with Gasteiger partial charge in [0, 0.05) is 10.6 Å². The number of fused-ring (bicyclic) bond motifs is 1. The van der Waals surface area contributed by atoms with E-state index in [2.05, 4.69) is 10.3 Å². The van der Waals surface area contributed by atoms with Gasteiger partial charge in [0.2, 0.25) is 5.91 Å². The Morgan fingerprint density at radius 1 is 1.21 bits per heavy atom. The molecule has 6 heteroatoms. The molecule has 1 amide bonds. The number of amides is 1. The first-order chi connectivity index (χ1) is 11.4. The molecule has 2 aromatic heterocycles. The Labute approximate surface area is 144 Å². The van der Waals surface area contributed by atoms with Crippen molar-refractivity contribution in [1.82, 2.24) is 9.55 Å². The maximum Gasteiger partial charge on any atom is 0.263 e. The van der Waals surface area contributed by atoms with E-state index in [1.54, 1.807) is 13.8 Å². The Hall–Kier alpha value is -2.47. The highest BCUT2D eigenvalue weighted by molar-refractivity contribution is 7.18. The molecule has 0 aliphatic heterocycles. The lowest BCUT2D eigenvalue weighted by atomic mass is 10.2. The number of aryl methyl sites for hydroxylation is 3. The monoisotopic (exact) mass is 341 g/mol. The van der Waals surface area contributed by atoms with E-state index in [0.717, 1.165) is 15.3 Å². The third-order valence-electron chi connectivity index (χ3n) is 3.98. The summed E-state index contributed by atoms with van der Waals surface area (Å²) in [5, 5.41) is 3.42. The molecule has 3 aromatic rings. The number of rotatable bonds is 3. The van der Waals surface area contributed by atoms with Crippen LogP contribution in [0, 0.1) is 20.8 Å². The topological polar surface area (TPSA) is 64.0 Å². The van der Waals surface area contributed by atoms with E-state index in [0.29, 0.717) is 16.9 Å². The first kappa shape index (κ1) is 16.4. The third-order valence-corrected chi connectivity index (χ3v) is 4.93. The fourth-order valence-corrected chi connectivity index (χ4v) is 3.59. The fourth-order valence-electron chi connectivity index (χ4n) is 2.67. The van der Waals surface area contributed by atoms with Crippen molar-refractivity contribution in [2.45, 2.75) is 33.7 Å². The van der Waals surface area contributed by atoms with Crippen LogP contribution in [0.25, 0.3) is 10.2 Å². The highest BCUT2D eigenvalue weighted by atomic mass is 32.1. The van der Waals surface area contributed by atoms with Gasteiger partial charge in [0.05, 0.1) is 5.39 Å². The normalized spacial score (nSPS) is 12.3. The number of carbonyl (C=O) groups is 1. The molecule has 1 unspecified atom stereocenters. The molecule has 0 aliphatic carbocycles. The van der Waals surface area contributed by atoms with Gasteiger partial charge in [0.25, 0.3) is 5.56 Å². The van der Waals surface area contributed by atoms with E-state index in [-0.39, 0.29) is 11.5 Å². The Kier molecular flexibility index (Phi) is 4.24. The third kappa shape index (κ3) is 2.97. The van der Waals surface area contributed by atoms with Crippen molar-refractivity contribution in [3.63, 3.8) is 0 Å². The predicted molar refractivity (Wildman–Crippen MR) is 97.9 cm³/mol. The second-order valence-corrected chi connectivity index (χ2v) is 7.18. The van der Waals surface area contributed by atoms with Gasteiger partial charge in [-0.15, -0.1) is 11.3 Å². The molecule has 0 saturated heterocycles. The molecule has 1 N–H and O–H groups in total. The Morgan fingerprint density at radius 3 is 2.54 bits per heavy atom. The van der Waals surface area contributed by atoms with Gasteiger partial charge in [0.1, 0.15) is 16.7 Å². The minimum Gasteiger partial charge on any atom is -0.324 e. The summed E-state index contributed by atoms with van der Waals surface area (Å²) in [6.45, 7) is 7.40. The molecule has 1 atom stereocenters. The average molecular weight is 341 g/mol. The van der Waals surface area contributed by atoms with Gasteiger partial charge in [-0.1, -0.05) is 17.7 Å². The van der Waals surface area contributed by atoms with Crippen LogP contribution in [-0.2, 0) is 4.79 Å². The molecule has 24 heavy (non-hydrogen) atoms.